The van der Waals surface area contributed by atoms with Gasteiger partial charge in [-0.3, -0.25) is 0 Å². The summed E-state index contributed by atoms with van der Waals surface area (Å²) >= 11 is 0. The zero-order valence-electron chi connectivity index (χ0n) is 16.8. The molecule has 3 heterocycles. The smallest absolute Gasteiger partial charge is 0.451 e. The number of nitrogens with one attached hydrogen (secondary N) is 1. The third-order valence-electron chi connectivity index (χ3n) is 4.67. The number of hydrogen-bond donors (Lipinski definition) is 1. The van der Waals surface area contributed by atoms with Gasteiger partial charge in [-0.2, -0.15) is 18.3 Å². The van der Waals surface area contributed by atoms with Gasteiger partial charge in [0.1, 0.15) is 23.4 Å². The van der Waals surface area contributed by atoms with Gasteiger partial charge in [0.15, 0.2) is 0 Å². The van der Waals surface area contributed by atoms with Crippen molar-refractivity contribution in [3.63, 3.8) is 0 Å². The number of fused-ring (bicyclic) bond motifs is 1. The second-order valence-corrected chi connectivity index (χ2v) is 6.87. The molecule has 0 aliphatic carbocycles. The second-order valence-electron chi connectivity index (χ2n) is 6.87. The lowest BCUT2D eigenvalue weighted by Crippen LogP contribution is -2.14. The molecule has 160 valence electrons. The minimum atomic E-state index is -4.59. The molecule has 0 saturated heterocycles. The standard InChI is InChI=1S/C20H18F3N7O/c1-11-4-5-30(29-11)14-6-15-17(16(7-14)31-3)26-10-27-18(15)28-12(2)13-8-24-19(25-9-13)20(21,22)23/h4-10,12H,1-3H3,(H,26,27,28)/t12-/m1/s1. The number of nitrogens with zero attached hydrogens (tertiary/aromatic N) is 6. The first-order valence-electron chi connectivity index (χ1n) is 9.27. The fraction of sp³-hybridized carbons (Fsp3) is 0.250. The molecule has 0 fully saturated rings. The molecule has 1 aromatic carbocycles. The topological polar surface area (TPSA) is 90.6 Å². The predicted octanol–water partition coefficient (Wildman–Crippen LogP) is 4.11. The van der Waals surface area contributed by atoms with Crippen molar-refractivity contribution in [3.05, 3.63) is 60.2 Å². The lowest BCUT2D eigenvalue weighted by molar-refractivity contribution is -0.145. The first-order chi connectivity index (χ1) is 14.8. The highest BCUT2D eigenvalue weighted by atomic mass is 19.4. The summed E-state index contributed by atoms with van der Waals surface area (Å²) in [5.41, 5.74) is 2.67. The summed E-state index contributed by atoms with van der Waals surface area (Å²) in [5, 5.41) is 8.29. The molecule has 1 atom stereocenters. The summed E-state index contributed by atoms with van der Waals surface area (Å²) in [6.07, 6.45) is 0.927. The van der Waals surface area contributed by atoms with E-state index in [1.165, 1.54) is 6.33 Å². The van der Waals surface area contributed by atoms with Crippen LogP contribution in [0.4, 0.5) is 19.0 Å². The van der Waals surface area contributed by atoms with Crippen molar-refractivity contribution in [2.45, 2.75) is 26.1 Å². The minimum Gasteiger partial charge on any atom is -0.494 e. The summed E-state index contributed by atoms with van der Waals surface area (Å²) in [6, 6.07) is 5.15. The number of aryl methyl sites for hydroxylation is 1. The van der Waals surface area contributed by atoms with E-state index in [4.69, 9.17) is 4.74 Å². The van der Waals surface area contributed by atoms with E-state index in [2.05, 4.69) is 30.4 Å². The van der Waals surface area contributed by atoms with E-state index < -0.39 is 18.0 Å². The molecule has 31 heavy (non-hydrogen) atoms. The molecule has 0 amide bonds. The highest BCUT2D eigenvalue weighted by Crippen LogP contribution is 2.32. The van der Waals surface area contributed by atoms with Crippen molar-refractivity contribution in [1.29, 1.82) is 0 Å². The summed E-state index contributed by atoms with van der Waals surface area (Å²) in [6.45, 7) is 3.66. The Bertz CT molecular complexity index is 1220. The normalized spacial score (nSPS) is 12.7. The van der Waals surface area contributed by atoms with Crippen LogP contribution in [-0.4, -0.2) is 36.8 Å². The maximum absolute atomic E-state index is 12.7. The number of benzene rings is 1. The molecule has 3 aromatic heterocycles. The number of rotatable bonds is 5. The average Bonchev–Trinajstić information content (AvgIpc) is 3.19. The lowest BCUT2D eigenvalue weighted by Gasteiger charge is -2.17. The first-order valence-corrected chi connectivity index (χ1v) is 9.27. The SMILES string of the molecule is COc1cc(-n2ccc(C)n2)cc2c(N[C@H](C)c3cnc(C(F)(F)F)nc3)ncnc12. The Balaban J connectivity index is 1.71. The fourth-order valence-electron chi connectivity index (χ4n) is 3.08. The van der Waals surface area contributed by atoms with Gasteiger partial charge in [-0.1, -0.05) is 0 Å². The fourth-order valence-corrected chi connectivity index (χ4v) is 3.08. The Morgan fingerprint density at radius 3 is 2.45 bits per heavy atom. The van der Waals surface area contributed by atoms with Crippen LogP contribution in [0.15, 0.2) is 43.1 Å². The van der Waals surface area contributed by atoms with Crippen molar-refractivity contribution in [2.75, 3.05) is 12.4 Å². The number of ether oxygens (including phenoxy) is 1. The summed E-state index contributed by atoms with van der Waals surface area (Å²) in [7, 11) is 1.55. The zero-order valence-corrected chi connectivity index (χ0v) is 16.8. The van der Waals surface area contributed by atoms with E-state index in [1.807, 2.05) is 31.3 Å². The average molecular weight is 429 g/mol. The third kappa shape index (κ3) is 4.11. The van der Waals surface area contributed by atoms with Gasteiger partial charge in [0.2, 0.25) is 5.82 Å². The van der Waals surface area contributed by atoms with E-state index in [0.717, 1.165) is 23.8 Å². The van der Waals surface area contributed by atoms with Crippen LogP contribution in [-0.2, 0) is 6.18 Å². The van der Waals surface area contributed by atoms with Gasteiger partial charge in [-0.15, -0.1) is 0 Å². The number of methoxy groups -OCH3 is 1. The number of alkyl halides is 3. The van der Waals surface area contributed by atoms with Crippen LogP contribution >= 0.6 is 0 Å². The molecule has 11 heteroatoms. The van der Waals surface area contributed by atoms with E-state index in [0.29, 0.717) is 28.0 Å². The highest BCUT2D eigenvalue weighted by molar-refractivity contribution is 5.94. The van der Waals surface area contributed by atoms with E-state index in [9.17, 15) is 13.2 Å². The van der Waals surface area contributed by atoms with Crippen LogP contribution < -0.4 is 10.1 Å². The van der Waals surface area contributed by atoms with Gasteiger partial charge in [-0.25, -0.2) is 24.6 Å². The van der Waals surface area contributed by atoms with Crippen LogP contribution in [0.3, 0.4) is 0 Å². The number of halogens is 3. The molecule has 4 rings (SSSR count). The molecular formula is C20H18F3N7O. The lowest BCUT2D eigenvalue weighted by atomic mass is 10.1. The third-order valence-corrected chi connectivity index (χ3v) is 4.67. The van der Waals surface area contributed by atoms with Crippen LogP contribution in [0, 0.1) is 6.92 Å². The summed E-state index contributed by atoms with van der Waals surface area (Å²) in [4.78, 5) is 15.5. The maximum Gasteiger partial charge on any atom is 0.451 e. The van der Waals surface area contributed by atoms with Crippen LogP contribution in [0.2, 0.25) is 0 Å². The summed E-state index contributed by atoms with van der Waals surface area (Å²) in [5.74, 6) is -0.155. The number of hydrogen-bond acceptors (Lipinski definition) is 7. The minimum absolute atomic E-state index is 0.415. The Kier molecular flexibility index (Phi) is 5.17. The van der Waals surface area contributed by atoms with Gasteiger partial charge < -0.3 is 10.1 Å². The molecule has 8 nitrogen and oxygen atoms in total. The van der Waals surface area contributed by atoms with Crippen molar-refractivity contribution in [1.82, 2.24) is 29.7 Å². The second kappa shape index (κ2) is 7.82. The Hall–Kier alpha value is -3.76. The summed E-state index contributed by atoms with van der Waals surface area (Å²) < 4.78 is 45.4. The largest absolute Gasteiger partial charge is 0.494 e. The molecule has 0 bridgehead atoms. The monoisotopic (exact) mass is 429 g/mol. The van der Waals surface area contributed by atoms with Crippen molar-refractivity contribution < 1.29 is 17.9 Å². The Labute approximate surface area is 175 Å². The van der Waals surface area contributed by atoms with Crippen LogP contribution in [0.1, 0.15) is 30.0 Å². The molecule has 0 aliphatic heterocycles. The van der Waals surface area contributed by atoms with E-state index >= 15 is 0 Å². The number of aromatic nitrogens is 6. The Morgan fingerprint density at radius 2 is 1.84 bits per heavy atom. The van der Waals surface area contributed by atoms with Gasteiger partial charge >= 0.3 is 6.18 Å². The van der Waals surface area contributed by atoms with Crippen LogP contribution in [0.5, 0.6) is 5.75 Å². The predicted molar refractivity (Wildman–Crippen MR) is 107 cm³/mol. The molecule has 0 unspecified atom stereocenters. The quantitative estimate of drug-likeness (QED) is 0.510. The maximum atomic E-state index is 12.7. The molecule has 4 aromatic rings. The molecule has 1 N–H and O–H groups in total. The molecule has 0 aliphatic rings. The van der Waals surface area contributed by atoms with Gasteiger partial charge in [0, 0.05) is 35.6 Å². The zero-order chi connectivity index (χ0) is 22.2. The van der Waals surface area contributed by atoms with Crippen molar-refractivity contribution in [3.8, 4) is 11.4 Å². The Morgan fingerprint density at radius 1 is 1.10 bits per heavy atom. The molecule has 0 spiro atoms. The molecule has 0 saturated carbocycles. The van der Waals surface area contributed by atoms with Gasteiger partial charge in [0.25, 0.3) is 0 Å². The van der Waals surface area contributed by atoms with Gasteiger partial charge in [0.05, 0.1) is 24.5 Å². The van der Waals surface area contributed by atoms with Crippen LogP contribution in [0.25, 0.3) is 16.6 Å². The molecular weight excluding hydrogens is 411 g/mol. The van der Waals surface area contributed by atoms with Crippen molar-refractivity contribution >= 4 is 16.7 Å². The first kappa shape index (κ1) is 20.5. The highest BCUT2D eigenvalue weighted by Gasteiger charge is 2.34. The molecule has 0 radical (unpaired) electrons. The van der Waals surface area contributed by atoms with Crippen molar-refractivity contribution in [2.24, 2.45) is 0 Å². The number of anilines is 1. The van der Waals surface area contributed by atoms with E-state index in [1.54, 1.807) is 18.7 Å². The van der Waals surface area contributed by atoms with Gasteiger partial charge in [-0.05, 0) is 26.0 Å². The van der Waals surface area contributed by atoms with E-state index in [-0.39, 0.29) is 0 Å².